The van der Waals surface area contributed by atoms with E-state index in [9.17, 15) is 22.4 Å². The molecule has 2 aliphatic heterocycles. The minimum absolute atomic E-state index is 0.0888. The average Bonchev–Trinajstić information content (AvgIpc) is 3.38. The number of likely N-dealkylation sites (N-methyl/N-ethyl adjacent to an activating group) is 1. The number of nitrogens with zero attached hydrogens (tertiary/aromatic N) is 5. The van der Waals surface area contributed by atoms with E-state index in [2.05, 4.69) is 30.2 Å². The first-order valence-corrected chi connectivity index (χ1v) is 14.8. The van der Waals surface area contributed by atoms with Crippen LogP contribution in [-0.4, -0.2) is 77.3 Å². The van der Waals surface area contributed by atoms with Crippen LogP contribution in [0.15, 0.2) is 49.1 Å². The van der Waals surface area contributed by atoms with Crippen molar-refractivity contribution < 1.29 is 22.4 Å². The zero-order valence-corrected chi connectivity index (χ0v) is 24.0. The number of rotatable bonds is 6. The number of carbonyl (C=O) groups is 2. The van der Waals surface area contributed by atoms with Crippen molar-refractivity contribution in [2.45, 2.75) is 37.4 Å². The molecule has 4 heterocycles. The summed E-state index contributed by atoms with van der Waals surface area (Å²) in [6.45, 7) is 1.36. The van der Waals surface area contributed by atoms with E-state index >= 15 is 0 Å². The van der Waals surface area contributed by atoms with Crippen molar-refractivity contribution >= 4 is 45.0 Å². The minimum Gasteiger partial charge on any atom is -0.371 e. The van der Waals surface area contributed by atoms with Gasteiger partial charge in [0.15, 0.2) is 0 Å². The summed E-state index contributed by atoms with van der Waals surface area (Å²) in [6.07, 6.45) is 6.59. The number of piperidine rings is 1. The van der Waals surface area contributed by atoms with E-state index < -0.39 is 39.9 Å². The molecule has 0 saturated carbocycles. The summed E-state index contributed by atoms with van der Waals surface area (Å²) < 4.78 is 44.1. The van der Waals surface area contributed by atoms with E-state index in [0.717, 1.165) is 27.4 Å². The van der Waals surface area contributed by atoms with E-state index in [1.165, 1.54) is 19.2 Å². The van der Waals surface area contributed by atoms with Crippen LogP contribution >= 0.6 is 11.6 Å². The normalized spacial score (nSPS) is 21.4. The molecular weight excluding hydrogens is 575 g/mol. The van der Waals surface area contributed by atoms with Gasteiger partial charge in [0.2, 0.25) is 11.8 Å². The maximum atomic E-state index is 13.5. The number of pyridine rings is 1. The fraction of sp³-hybridized carbons (Fsp3) is 0.385. The zero-order chi connectivity index (χ0) is 29.3. The summed E-state index contributed by atoms with van der Waals surface area (Å²) >= 11 is 5.79. The van der Waals surface area contributed by atoms with Gasteiger partial charge in [0.05, 0.1) is 17.0 Å². The van der Waals surface area contributed by atoms with Crippen molar-refractivity contribution in [2.75, 3.05) is 30.4 Å². The third kappa shape index (κ3) is 6.50. The molecule has 0 radical (unpaired) electrons. The molecule has 1 aromatic carbocycles. The number of anilines is 2. The molecule has 218 valence electrons. The molecule has 2 saturated heterocycles. The van der Waals surface area contributed by atoms with Crippen LogP contribution in [0.3, 0.4) is 0 Å². The Balaban J connectivity index is 1.19. The molecule has 0 aliphatic carbocycles. The lowest BCUT2D eigenvalue weighted by Crippen LogP contribution is -2.63. The van der Waals surface area contributed by atoms with Gasteiger partial charge in [-0.3, -0.25) is 14.6 Å². The summed E-state index contributed by atoms with van der Waals surface area (Å²) in [7, 11) is -0.959. The largest absolute Gasteiger partial charge is 0.371 e. The lowest BCUT2D eigenvalue weighted by atomic mass is 10.0. The van der Waals surface area contributed by atoms with Crippen LogP contribution in [0.4, 0.5) is 15.8 Å². The van der Waals surface area contributed by atoms with E-state index in [1.807, 2.05) is 29.9 Å². The highest BCUT2D eigenvalue weighted by Crippen LogP contribution is 2.25. The Bertz CT molecular complexity index is 1560. The van der Waals surface area contributed by atoms with Gasteiger partial charge in [0, 0.05) is 57.0 Å². The van der Waals surface area contributed by atoms with Crippen LogP contribution in [0.5, 0.6) is 0 Å². The highest BCUT2D eigenvalue weighted by molar-refractivity contribution is 7.87. The van der Waals surface area contributed by atoms with Crippen molar-refractivity contribution in [2.24, 2.45) is 7.05 Å². The molecule has 2 unspecified atom stereocenters. The van der Waals surface area contributed by atoms with Crippen LogP contribution in [0.25, 0.3) is 11.4 Å². The molecule has 3 aromatic rings. The Labute approximate surface area is 242 Å². The highest BCUT2D eigenvalue weighted by atomic mass is 35.5. The van der Waals surface area contributed by atoms with Gasteiger partial charge >= 0.3 is 0 Å². The quantitative estimate of drug-likeness (QED) is 0.390. The second kappa shape index (κ2) is 11.7. The van der Waals surface area contributed by atoms with E-state index in [-0.39, 0.29) is 23.2 Å². The predicted octanol–water partition coefficient (Wildman–Crippen LogP) is 1.91. The summed E-state index contributed by atoms with van der Waals surface area (Å²) in [5.41, 5.74) is 2.77. The Hall–Kier alpha value is -3.59. The molecular formula is C26H30ClFN8O4S. The molecule has 3 N–H and O–H groups in total. The predicted molar refractivity (Wildman–Crippen MR) is 152 cm³/mol. The Kier molecular flexibility index (Phi) is 8.27. The Morgan fingerprint density at radius 2 is 1.83 bits per heavy atom. The SMILES string of the molecule is CN1C(C(=O)Nc2ccc(F)c(Cl)c2)CC(C(=O)NC2CCN(c3ccnc(-c4cn(C)cn4)c3)CC2)NS1(=O)=O. The van der Waals surface area contributed by atoms with Crippen molar-refractivity contribution in [1.29, 1.82) is 0 Å². The Morgan fingerprint density at radius 3 is 2.51 bits per heavy atom. The average molecular weight is 605 g/mol. The molecule has 2 atom stereocenters. The van der Waals surface area contributed by atoms with Crippen LogP contribution < -0.4 is 20.3 Å². The number of carbonyl (C=O) groups excluding carboxylic acids is 2. The summed E-state index contributed by atoms with van der Waals surface area (Å²) in [6, 6.07) is 5.10. The molecule has 2 amide bonds. The monoisotopic (exact) mass is 604 g/mol. The second-order valence-corrected chi connectivity index (χ2v) is 12.3. The van der Waals surface area contributed by atoms with Crippen molar-refractivity contribution in [1.82, 2.24) is 28.9 Å². The maximum Gasteiger partial charge on any atom is 0.280 e. The molecule has 2 aliphatic rings. The number of halogens is 2. The highest BCUT2D eigenvalue weighted by Gasteiger charge is 2.43. The van der Waals surface area contributed by atoms with E-state index in [4.69, 9.17) is 11.6 Å². The number of aryl methyl sites for hydroxylation is 1. The van der Waals surface area contributed by atoms with Crippen molar-refractivity contribution in [3.05, 3.63) is 59.9 Å². The lowest BCUT2D eigenvalue weighted by molar-refractivity contribution is -0.125. The molecule has 0 spiro atoms. The van der Waals surface area contributed by atoms with E-state index in [1.54, 1.807) is 12.5 Å². The van der Waals surface area contributed by atoms with E-state index in [0.29, 0.717) is 25.9 Å². The smallest absolute Gasteiger partial charge is 0.280 e. The van der Waals surface area contributed by atoms with Gasteiger partial charge in [0.1, 0.15) is 23.6 Å². The molecule has 5 rings (SSSR count). The van der Waals surface area contributed by atoms with Gasteiger partial charge in [-0.05, 0) is 49.6 Å². The standard InChI is InChI=1S/C26H30ClFN8O4S/c1-34-14-23(30-15-34)21-12-18(5-8-29-21)36-9-6-16(7-10-36)31-25(37)22-13-24(35(2)41(39,40)33-22)26(38)32-17-3-4-20(28)19(27)11-17/h3-5,8,11-12,14-16,22,24,33H,6-7,9-10,13H2,1-2H3,(H,31,37)(H,32,38). The fourth-order valence-electron chi connectivity index (χ4n) is 4.97. The summed E-state index contributed by atoms with van der Waals surface area (Å²) in [5.74, 6) is -1.80. The van der Waals surface area contributed by atoms with Crippen LogP contribution in [0, 0.1) is 5.82 Å². The molecule has 0 bridgehead atoms. The van der Waals surface area contributed by atoms with Crippen molar-refractivity contribution in [3.63, 3.8) is 0 Å². The summed E-state index contributed by atoms with van der Waals surface area (Å²) in [4.78, 5) is 37.1. The number of hydrogen-bond acceptors (Lipinski definition) is 7. The number of benzene rings is 1. The van der Waals surface area contributed by atoms with Crippen molar-refractivity contribution in [3.8, 4) is 11.4 Å². The molecule has 12 nitrogen and oxygen atoms in total. The number of amides is 2. The molecule has 2 fully saturated rings. The lowest BCUT2D eigenvalue weighted by Gasteiger charge is -2.37. The van der Waals surface area contributed by atoms with Crippen LogP contribution in [0.1, 0.15) is 19.3 Å². The third-order valence-corrected chi connectivity index (χ3v) is 9.18. The zero-order valence-electron chi connectivity index (χ0n) is 22.4. The first-order valence-electron chi connectivity index (χ1n) is 13.0. The first kappa shape index (κ1) is 28.9. The molecule has 2 aromatic heterocycles. The topological polar surface area (TPSA) is 142 Å². The first-order chi connectivity index (χ1) is 19.5. The number of aromatic nitrogens is 3. The minimum atomic E-state index is -4.11. The fourth-order valence-corrected chi connectivity index (χ4v) is 6.39. The molecule has 15 heteroatoms. The van der Waals surface area contributed by atoms with Gasteiger partial charge < -0.3 is 20.1 Å². The Morgan fingerprint density at radius 1 is 1.07 bits per heavy atom. The van der Waals surface area contributed by atoms with Crippen LogP contribution in [-0.2, 0) is 26.8 Å². The number of imidazole rings is 1. The maximum absolute atomic E-state index is 13.5. The number of hydrogen-bond donors (Lipinski definition) is 3. The second-order valence-electron chi connectivity index (χ2n) is 10.2. The number of nitrogens with one attached hydrogen (secondary N) is 3. The molecule has 41 heavy (non-hydrogen) atoms. The summed E-state index contributed by atoms with van der Waals surface area (Å²) in [5, 5.41) is 5.32. The van der Waals surface area contributed by atoms with Gasteiger partial charge in [-0.15, -0.1) is 0 Å². The van der Waals surface area contributed by atoms with Gasteiger partial charge in [0.25, 0.3) is 10.2 Å². The van der Waals surface area contributed by atoms with Crippen LogP contribution in [0.2, 0.25) is 5.02 Å². The van der Waals surface area contributed by atoms with Gasteiger partial charge in [-0.25, -0.2) is 9.37 Å². The van der Waals surface area contributed by atoms with Gasteiger partial charge in [-0.1, -0.05) is 11.6 Å². The van der Waals surface area contributed by atoms with Gasteiger partial charge in [-0.2, -0.15) is 17.4 Å². The third-order valence-electron chi connectivity index (χ3n) is 7.29.